The molecule has 29 heavy (non-hydrogen) atoms. The highest BCUT2D eigenvalue weighted by Crippen LogP contribution is 2.37. The van der Waals surface area contributed by atoms with E-state index in [1.54, 1.807) is 24.3 Å². The third-order valence-corrected chi connectivity index (χ3v) is 4.21. The standard InChI is InChI=1S/C23H21ClN2O3/c1-4-11-29-22-20(24)13-17(14-21(22)28-6-3)12-18(15-25)23(27)26-19-9-7-16(5-2)8-10-19/h1,7-10,12-14H,5-6,11H2,2-3H3,(H,26,27)/b18-12+. The van der Waals surface area contributed by atoms with Crippen LogP contribution in [0.1, 0.15) is 25.0 Å². The van der Waals surface area contributed by atoms with E-state index in [2.05, 4.69) is 18.2 Å². The molecule has 1 amide bonds. The second-order valence-corrected chi connectivity index (χ2v) is 6.34. The summed E-state index contributed by atoms with van der Waals surface area (Å²) in [6.45, 7) is 4.29. The van der Waals surface area contributed by atoms with Gasteiger partial charge in [0.1, 0.15) is 18.2 Å². The Morgan fingerprint density at radius 2 is 1.97 bits per heavy atom. The molecule has 0 aliphatic heterocycles. The normalized spacial score (nSPS) is 10.6. The first-order valence-corrected chi connectivity index (χ1v) is 9.44. The van der Waals surface area contributed by atoms with Gasteiger partial charge in [0.05, 0.1) is 11.6 Å². The van der Waals surface area contributed by atoms with E-state index in [4.69, 9.17) is 27.5 Å². The Bertz CT molecular complexity index is 983. The number of hydrogen-bond acceptors (Lipinski definition) is 4. The average Bonchev–Trinajstić information content (AvgIpc) is 2.72. The zero-order valence-corrected chi connectivity index (χ0v) is 17.0. The van der Waals surface area contributed by atoms with Crippen molar-refractivity contribution in [3.8, 4) is 29.9 Å². The van der Waals surface area contributed by atoms with Crippen molar-refractivity contribution in [2.24, 2.45) is 0 Å². The van der Waals surface area contributed by atoms with Crippen LogP contribution in [-0.4, -0.2) is 19.1 Å². The molecule has 6 heteroatoms. The number of halogens is 1. The number of carbonyl (C=O) groups excluding carboxylic acids is 1. The molecule has 0 bridgehead atoms. The minimum absolute atomic E-state index is 0.0393. The first-order chi connectivity index (χ1) is 14.0. The molecule has 148 valence electrons. The number of ether oxygens (including phenoxy) is 2. The third kappa shape index (κ3) is 6.04. The molecule has 2 aromatic rings. The number of nitrogens with one attached hydrogen (secondary N) is 1. The average molecular weight is 409 g/mol. The molecular formula is C23H21ClN2O3. The Kier molecular flexibility index (Phi) is 8.15. The zero-order valence-electron chi connectivity index (χ0n) is 16.3. The number of anilines is 1. The highest BCUT2D eigenvalue weighted by molar-refractivity contribution is 6.32. The lowest BCUT2D eigenvalue weighted by atomic mass is 10.1. The van der Waals surface area contributed by atoms with E-state index in [-0.39, 0.29) is 17.2 Å². The summed E-state index contributed by atoms with van der Waals surface area (Å²) in [6, 6.07) is 12.6. The van der Waals surface area contributed by atoms with Crippen molar-refractivity contribution in [3.63, 3.8) is 0 Å². The van der Waals surface area contributed by atoms with Crippen LogP contribution in [0.3, 0.4) is 0 Å². The molecule has 2 rings (SSSR count). The molecule has 0 saturated heterocycles. The highest BCUT2D eigenvalue weighted by Gasteiger charge is 2.14. The number of benzene rings is 2. The molecule has 1 N–H and O–H groups in total. The van der Waals surface area contributed by atoms with Gasteiger partial charge in [-0.1, -0.05) is 36.6 Å². The lowest BCUT2D eigenvalue weighted by molar-refractivity contribution is -0.112. The lowest BCUT2D eigenvalue weighted by Crippen LogP contribution is -2.13. The van der Waals surface area contributed by atoms with Crippen molar-refractivity contribution in [3.05, 3.63) is 58.1 Å². The van der Waals surface area contributed by atoms with Crippen molar-refractivity contribution in [1.82, 2.24) is 0 Å². The maximum absolute atomic E-state index is 12.5. The van der Waals surface area contributed by atoms with Gasteiger partial charge in [-0.05, 0) is 54.8 Å². The van der Waals surface area contributed by atoms with Gasteiger partial charge in [0, 0.05) is 5.69 Å². The van der Waals surface area contributed by atoms with Crippen molar-refractivity contribution in [2.75, 3.05) is 18.5 Å². The van der Waals surface area contributed by atoms with Crippen molar-refractivity contribution >= 4 is 29.3 Å². The van der Waals surface area contributed by atoms with E-state index in [1.165, 1.54) is 6.08 Å². The highest BCUT2D eigenvalue weighted by atomic mass is 35.5. The van der Waals surface area contributed by atoms with Gasteiger partial charge in [-0.3, -0.25) is 4.79 Å². The molecule has 0 atom stereocenters. The lowest BCUT2D eigenvalue weighted by Gasteiger charge is -2.13. The summed E-state index contributed by atoms with van der Waals surface area (Å²) >= 11 is 6.28. The van der Waals surface area contributed by atoms with Crippen LogP contribution in [0.4, 0.5) is 5.69 Å². The fourth-order valence-corrected chi connectivity index (χ4v) is 2.80. The summed E-state index contributed by atoms with van der Waals surface area (Å²) in [6.07, 6.45) is 7.57. The van der Waals surface area contributed by atoms with Gasteiger partial charge < -0.3 is 14.8 Å². The quantitative estimate of drug-likeness (QED) is 0.384. The van der Waals surface area contributed by atoms with Crippen LogP contribution in [0.25, 0.3) is 6.08 Å². The van der Waals surface area contributed by atoms with E-state index in [0.29, 0.717) is 29.4 Å². The molecule has 0 aromatic heterocycles. The number of terminal acetylenes is 1. The summed E-state index contributed by atoms with van der Waals surface area (Å²) in [5.41, 5.74) is 2.23. The van der Waals surface area contributed by atoms with Crippen LogP contribution in [0.2, 0.25) is 5.02 Å². The van der Waals surface area contributed by atoms with Gasteiger partial charge in [-0.15, -0.1) is 6.42 Å². The van der Waals surface area contributed by atoms with Crippen molar-refractivity contribution < 1.29 is 14.3 Å². The van der Waals surface area contributed by atoms with Crippen LogP contribution in [0, 0.1) is 23.7 Å². The van der Waals surface area contributed by atoms with Crippen LogP contribution in [0.5, 0.6) is 11.5 Å². The van der Waals surface area contributed by atoms with Gasteiger partial charge >= 0.3 is 0 Å². The monoisotopic (exact) mass is 408 g/mol. The van der Waals surface area contributed by atoms with Gasteiger partial charge in [-0.2, -0.15) is 5.26 Å². The first kappa shape index (κ1) is 21.9. The third-order valence-electron chi connectivity index (χ3n) is 3.93. The molecular weight excluding hydrogens is 388 g/mol. The molecule has 0 spiro atoms. The van der Waals surface area contributed by atoms with Crippen molar-refractivity contribution in [2.45, 2.75) is 20.3 Å². The van der Waals surface area contributed by atoms with E-state index in [0.717, 1.165) is 12.0 Å². The van der Waals surface area contributed by atoms with Crippen LogP contribution in [-0.2, 0) is 11.2 Å². The topological polar surface area (TPSA) is 71.3 Å². The smallest absolute Gasteiger partial charge is 0.266 e. The summed E-state index contributed by atoms with van der Waals surface area (Å²) in [4.78, 5) is 12.5. The fourth-order valence-electron chi connectivity index (χ4n) is 2.53. The summed E-state index contributed by atoms with van der Waals surface area (Å²) in [5.74, 6) is 2.56. The van der Waals surface area contributed by atoms with Gasteiger partial charge in [0.25, 0.3) is 5.91 Å². The minimum atomic E-state index is -0.515. The first-order valence-electron chi connectivity index (χ1n) is 9.07. The predicted molar refractivity (Wildman–Crippen MR) is 115 cm³/mol. The minimum Gasteiger partial charge on any atom is -0.490 e. The number of nitriles is 1. The van der Waals surface area contributed by atoms with Crippen LogP contribution in [0.15, 0.2) is 42.0 Å². The molecule has 0 saturated carbocycles. The van der Waals surface area contributed by atoms with E-state index < -0.39 is 5.91 Å². The number of aryl methyl sites for hydroxylation is 1. The maximum atomic E-state index is 12.5. The van der Waals surface area contributed by atoms with E-state index in [1.807, 2.05) is 25.1 Å². The number of rotatable bonds is 8. The Labute approximate surface area is 175 Å². The predicted octanol–water partition coefficient (Wildman–Crippen LogP) is 4.86. The number of carbonyl (C=O) groups is 1. The Morgan fingerprint density at radius 3 is 2.55 bits per heavy atom. The summed E-state index contributed by atoms with van der Waals surface area (Å²) in [5, 5.41) is 12.4. The molecule has 5 nitrogen and oxygen atoms in total. The summed E-state index contributed by atoms with van der Waals surface area (Å²) < 4.78 is 11.0. The Balaban J connectivity index is 2.29. The van der Waals surface area contributed by atoms with E-state index in [9.17, 15) is 10.1 Å². The molecule has 0 heterocycles. The molecule has 0 unspecified atom stereocenters. The fraction of sp³-hybridized carbons (Fsp3) is 0.217. The molecule has 0 radical (unpaired) electrons. The largest absolute Gasteiger partial charge is 0.490 e. The maximum Gasteiger partial charge on any atom is 0.266 e. The molecule has 0 aliphatic carbocycles. The van der Waals surface area contributed by atoms with E-state index >= 15 is 0 Å². The Morgan fingerprint density at radius 1 is 1.24 bits per heavy atom. The van der Waals surface area contributed by atoms with Crippen LogP contribution < -0.4 is 14.8 Å². The second kappa shape index (κ2) is 10.8. The molecule has 0 aliphatic rings. The van der Waals surface area contributed by atoms with Gasteiger partial charge in [0.2, 0.25) is 0 Å². The molecule has 2 aromatic carbocycles. The number of nitrogens with zero attached hydrogens (tertiary/aromatic N) is 1. The number of amides is 1. The molecule has 0 fully saturated rings. The Hall–Kier alpha value is -3.41. The second-order valence-electron chi connectivity index (χ2n) is 5.93. The zero-order chi connectivity index (χ0) is 21.2. The number of hydrogen-bond donors (Lipinski definition) is 1. The SMILES string of the molecule is C#CCOc1c(Cl)cc(/C=C(\C#N)C(=O)Nc2ccc(CC)cc2)cc1OCC. The van der Waals surface area contributed by atoms with Gasteiger partial charge in [0.15, 0.2) is 11.5 Å². The van der Waals surface area contributed by atoms with Gasteiger partial charge in [-0.25, -0.2) is 0 Å². The van der Waals surface area contributed by atoms with Crippen molar-refractivity contribution in [1.29, 1.82) is 5.26 Å². The summed E-state index contributed by atoms with van der Waals surface area (Å²) in [7, 11) is 0. The van der Waals surface area contributed by atoms with Crippen LogP contribution >= 0.6 is 11.6 Å².